The van der Waals surface area contributed by atoms with Gasteiger partial charge in [0.15, 0.2) is 0 Å². The van der Waals surface area contributed by atoms with E-state index in [1.807, 2.05) is 61.5 Å². The van der Waals surface area contributed by atoms with Crippen molar-refractivity contribution in [1.82, 2.24) is 5.32 Å². The molecule has 1 amide bonds. The summed E-state index contributed by atoms with van der Waals surface area (Å²) in [5.41, 5.74) is 7.71. The molecule has 0 heterocycles. The van der Waals surface area contributed by atoms with Crippen LogP contribution in [0.5, 0.6) is 0 Å². The van der Waals surface area contributed by atoms with Crippen molar-refractivity contribution in [3.05, 3.63) is 70.7 Å². The Kier molecular flexibility index (Phi) is 8.10. The highest BCUT2D eigenvalue weighted by molar-refractivity contribution is 6.30. The molecule has 23 heavy (non-hydrogen) atoms. The molecule has 0 aliphatic carbocycles. The maximum absolute atomic E-state index is 12.2. The third-order valence-electron chi connectivity index (χ3n) is 3.45. The topological polar surface area (TPSA) is 55.1 Å². The van der Waals surface area contributed by atoms with Crippen molar-refractivity contribution in [2.24, 2.45) is 5.73 Å². The van der Waals surface area contributed by atoms with Gasteiger partial charge in [-0.25, -0.2) is 0 Å². The highest BCUT2D eigenvalue weighted by Crippen LogP contribution is 2.24. The van der Waals surface area contributed by atoms with Crippen LogP contribution >= 0.6 is 24.0 Å². The van der Waals surface area contributed by atoms with Gasteiger partial charge in [-0.1, -0.05) is 54.1 Å². The first-order valence-corrected chi connectivity index (χ1v) is 7.79. The van der Waals surface area contributed by atoms with Crippen LogP contribution in [0, 0.1) is 0 Å². The zero-order valence-electron chi connectivity index (χ0n) is 13.0. The SMILES string of the molecule is CC(N)CCC(=O)NC(c1ccccc1)c1cccc(Cl)c1.Cl. The molecule has 2 unspecified atom stereocenters. The minimum atomic E-state index is -0.208. The lowest BCUT2D eigenvalue weighted by molar-refractivity contribution is -0.121. The molecule has 2 atom stereocenters. The fourth-order valence-corrected chi connectivity index (χ4v) is 2.48. The molecule has 2 aromatic rings. The summed E-state index contributed by atoms with van der Waals surface area (Å²) in [7, 11) is 0. The van der Waals surface area contributed by atoms with E-state index in [0.29, 0.717) is 17.9 Å². The number of hydrogen-bond donors (Lipinski definition) is 2. The summed E-state index contributed by atoms with van der Waals surface area (Å²) < 4.78 is 0. The monoisotopic (exact) mass is 352 g/mol. The van der Waals surface area contributed by atoms with Crippen LogP contribution in [0.15, 0.2) is 54.6 Å². The fourth-order valence-electron chi connectivity index (χ4n) is 2.28. The molecule has 0 spiro atoms. The average Bonchev–Trinajstić information content (AvgIpc) is 2.51. The van der Waals surface area contributed by atoms with Crippen LogP contribution in [-0.2, 0) is 4.79 Å². The number of nitrogens with one attached hydrogen (secondary N) is 1. The number of halogens is 2. The van der Waals surface area contributed by atoms with Gasteiger partial charge in [-0.3, -0.25) is 4.79 Å². The summed E-state index contributed by atoms with van der Waals surface area (Å²) in [6, 6.07) is 17.2. The summed E-state index contributed by atoms with van der Waals surface area (Å²) >= 11 is 6.09. The Morgan fingerprint density at radius 3 is 2.39 bits per heavy atom. The number of hydrogen-bond acceptors (Lipinski definition) is 2. The van der Waals surface area contributed by atoms with E-state index in [4.69, 9.17) is 17.3 Å². The lowest BCUT2D eigenvalue weighted by Gasteiger charge is -2.20. The van der Waals surface area contributed by atoms with Crippen molar-refractivity contribution < 1.29 is 4.79 Å². The predicted molar refractivity (Wildman–Crippen MR) is 98.0 cm³/mol. The van der Waals surface area contributed by atoms with Crippen molar-refractivity contribution in [2.45, 2.75) is 31.8 Å². The second-order valence-electron chi connectivity index (χ2n) is 5.48. The minimum Gasteiger partial charge on any atom is -0.345 e. The molecule has 0 radical (unpaired) electrons. The molecule has 0 saturated heterocycles. The van der Waals surface area contributed by atoms with Gasteiger partial charge in [0.05, 0.1) is 6.04 Å². The zero-order valence-corrected chi connectivity index (χ0v) is 14.6. The first kappa shape index (κ1) is 19.5. The van der Waals surface area contributed by atoms with Gasteiger partial charge >= 0.3 is 0 Å². The van der Waals surface area contributed by atoms with Crippen LogP contribution in [0.4, 0.5) is 0 Å². The molecule has 124 valence electrons. The van der Waals surface area contributed by atoms with Crippen LogP contribution in [0.2, 0.25) is 5.02 Å². The average molecular weight is 353 g/mol. The van der Waals surface area contributed by atoms with Gasteiger partial charge in [0, 0.05) is 17.5 Å². The van der Waals surface area contributed by atoms with Crippen LogP contribution in [0.25, 0.3) is 0 Å². The molecule has 2 rings (SSSR count). The molecule has 0 bridgehead atoms. The molecule has 0 saturated carbocycles. The van der Waals surface area contributed by atoms with Crippen molar-refractivity contribution in [1.29, 1.82) is 0 Å². The van der Waals surface area contributed by atoms with Crippen molar-refractivity contribution >= 4 is 29.9 Å². The second kappa shape index (κ2) is 9.56. The number of nitrogens with two attached hydrogens (primary N) is 1. The van der Waals surface area contributed by atoms with Crippen molar-refractivity contribution in [3.63, 3.8) is 0 Å². The molecule has 0 aliphatic rings. The second-order valence-corrected chi connectivity index (χ2v) is 5.92. The Morgan fingerprint density at radius 1 is 1.13 bits per heavy atom. The summed E-state index contributed by atoms with van der Waals surface area (Å²) in [4.78, 5) is 12.2. The number of rotatable bonds is 6. The standard InChI is InChI=1S/C18H21ClN2O.ClH/c1-13(20)10-11-17(22)21-18(14-6-3-2-4-7-14)15-8-5-9-16(19)12-15;/h2-9,12-13,18H,10-11,20H2,1H3,(H,21,22);1H. The summed E-state index contributed by atoms with van der Waals surface area (Å²) in [5, 5.41) is 3.73. The fraction of sp³-hybridized carbons (Fsp3) is 0.278. The zero-order chi connectivity index (χ0) is 15.9. The highest BCUT2D eigenvalue weighted by atomic mass is 35.5. The van der Waals surface area contributed by atoms with Gasteiger partial charge in [-0.05, 0) is 36.6 Å². The maximum Gasteiger partial charge on any atom is 0.220 e. The Bertz CT molecular complexity index is 617. The van der Waals surface area contributed by atoms with Crippen molar-refractivity contribution in [3.8, 4) is 0 Å². The van der Waals surface area contributed by atoms with E-state index in [1.54, 1.807) is 0 Å². The van der Waals surface area contributed by atoms with Gasteiger partial charge in [0.2, 0.25) is 5.91 Å². The summed E-state index contributed by atoms with van der Waals surface area (Å²) in [6.45, 7) is 1.90. The van der Waals surface area contributed by atoms with Gasteiger partial charge in [0.25, 0.3) is 0 Å². The molecule has 0 aliphatic heterocycles. The van der Waals surface area contributed by atoms with E-state index in [1.165, 1.54) is 0 Å². The molecular weight excluding hydrogens is 331 g/mol. The van der Waals surface area contributed by atoms with Gasteiger partial charge in [0.1, 0.15) is 0 Å². The molecule has 5 heteroatoms. The third-order valence-corrected chi connectivity index (χ3v) is 3.68. The number of carbonyl (C=O) groups excluding carboxylic acids is 1. The molecular formula is C18H22Cl2N2O. The van der Waals surface area contributed by atoms with Crippen LogP contribution < -0.4 is 11.1 Å². The molecule has 0 fully saturated rings. The molecule has 3 N–H and O–H groups in total. The van der Waals surface area contributed by atoms with E-state index in [0.717, 1.165) is 11.1 Å². The smallest absolute Gasteiger partial charge is 0.220 e. The van der Waals surface area contributed by atoms with Crippen LogP contribution in [0.1, 0.15) is 36.9 Å². The predicted octanol–water partition coefficient (Wildman–Crippen LogP) is 4.09. The Morgan fingerprint density at radius 2 is 1.78 bits per heavy atom. The Labute approximate surface area is 148 Å². The third kappa shape index (κ3) is 6.22. The lowest BCUT2D eigenvalue weighted by atomic mass is 9.98. The number of benzene rings is 2. The van der Waals surface area contributed by atoms with E-state index >= 15 is 0 Å². The van der Waals surface area contributed by atoms with Gasteiger partial charge in [-0.15, -0.1) is 12.4 Å². The lowest BCUT2D eigenvalue weighted by Crippen LogP contribution is -2.30. The van der Waals surface area contributed by atoms with E-state index in [-0.39, 0.29) is 30.4 Å². The van der Waals surface area contributed by atoms with Crippen LogP contribution in [0.3, 0.4) is 0 Å². The Hall–Kier alpha value is -1.55. The summed E-state index contributed by atoms with van der Waals surface area (Å²) in [5.74, 6) is -0.00821. The normalized spacial score (nSPS) is 12.8. The number of carbonyl (C=O) groups is 1. The molecule has 3 nitrogen and oxygen atoms in total. The number of amides is 1. The first-order valence-electron chi connectivity index (χ1n) is 7.41. The van der Waals surface area contributed by atoms with Gasteiger partial charge in [-0.2, -0.15) is 0 Å². The quantitative estimate of drug-likeness (QED) is 0.822. The maximum atomic E-state index is 12.2. The highest BCUT2D eigenvalue weighted by Gasteiger charge is 2.17. The molecule has 0 aromatic heterocycles. The Balaban J connectivity index is 0.00000264. The van der Waals surface area contributed by atoms with Gasteiger partial charge < -0.3 is 11.1 Å². The first-order chi connectivity index (χ1) is 10.6. The largest absolute Gasteiger partial charge is 0.345 e. The van der Waals surface area contributed by atoms with E-state index < -0.39 is 0 Å². The van der Waals surface area contributed by atoms with Crippen molar-refractivity contribution in [2.75, 3.05) is 0 Å². The van der Waals surface area contributed by atoms with Crippen LogP contribution in [-0.4, -0.2) is 11.9 Å². The molecule has 2 aromatic carbocycles. The van der Waals surface area contributed by atoms with E-state index in [9.17, 15) is 4.79 Å². The van der Waals surface area contributed by atoms with E-state index in [2.05, 4.69) is 5.32 Å². The minimum absolute atomic E-state index is 0. The summed E-state index contributed by atoms with van der Waals surface area (Å²) in [6.07, 6.45) is 1.09.